The number of benzene rings is 1. The molecule has 0 spiro atoms. The van der Waals surface area contributed by atoms with Gasteiger partial charge in [-0.3, -0.25) is 0 Å². The molecule has 1 fully saturated rings. The van der Waals surface area contributed by atoms with Crippen molar-refractivity contribution in [2.24, 2.45) is 5.92 Å². The fourth-order valence-electron chi connectivity index (χ4n) is 2.41. The van der Waals surface area contributed by atoms with Crippen molar-refractivity contribution in [1.29, 1.82) is 0 Å². The standard InChI is InChI=1S/C13H18FN/c1-9-7-11(3-4-13(9)14)12-5-6-15-8-10(12)2/h3-4,7,10,12,15H,5-6,8H2,1-2H3. The molecular weight excluding hydrogens is 189 g/mol. The lowest BCUT2D eigenvalue weighted by Gasteiger charge is -2.30. The van der Waals surface area contributed by atoms with E-state index in [0.29, 0.717) is 11.8 Å². The van der Waals surface area contributed by atoms with Gasteiger partial charge in [0.1, 0.15) is 5.82 Å². The molecule has 2 heteroatoms. The maximum absolute atomic E-state index is 13.2. The van der Waals surface area contributed by atoms with Gasteiger partial charge in [-0.1, -0.05) is 19.1 Å². The number of aryl methyl sites for hydroxylation is 1. The monoisotopic (exact) mass is 207 g/mol. The normalized spacial score (nSPS) is 26.6. The molecule has 1 nitrogen and oxygen atoms in total. The van der Waals surface area contributed by atoms with Gasteiger partial charge in [0.2, 0.25) is 0 Å². The zero-order chi connectivity index (χ0) is 10.8. The highest BCUT2D eigenvalue weighted by atomic mass is 19.1. The fraction of sp³-hybridized carbons (Fsp3) is 0.538. The van der Waals surface area contributed by atoms with E-state index >= 15 is 0 Å². The summed E-state index contributed by atoms with van der Waals surface area (Å²) in [7, 11) is 0. The van der Waals surface area contributed by atoms with E-state index in [9.17, 15) is 4.39 Å². The van der Waals surface area contributed by atoms with Crippen molar-refractivity contribution in [3.63, 3.8) is 0 Å². The van der Waals surface area contributed by atoms with Gasteiger partial charge in [-0.15, -0.1) is 0 Å². The molecular formula is C13H18FN. The van der Waals surface area contributed by atoms with E-state index in [4.69, 9.17) is 0 Å². The van der Waals surface area contributed by atoms with Crippen LogP contribution in [0.1, 0.15) is 30.4 Å². The van der Waals surface area contributed by atoms with Crippen LogP contribution < -0.4 is 5.32 Å². The third-order valence-electron chi connectivity index (χ3n) is 3.40. The van der Waals surface area contributed by atoms with Crippen LogP contribution in [0.3, 0.4) is 0 Å². The second-order valence-electron chi connectivity index (χ2n) is 4.59. The molecule has 0 bridgehead atoms. The predicted molar refractivity (Wildman–Crippen MR) is 60.5 cm³/mol. The summed E-state index contributed by atoms with van der Waals surface area (Å²) in [5, 5.41) is 3.39. The zero-order valence-electron chi connectivity index (χ0n) is 9.39. The number of halogens is 1. The highest BCUT2D eigenvalue weighted by molar-refractivity contribution is 5.27. The Hall–Kier alpha value is -0.890. The van der Waals surface area contributed by atoms with Crippen LogP contribution in [0.5, 0.6) is 0 Å². The fourth-order valence-corrected chi connectivity index (χ4v) is 2.41. The summed E-state index contributed by atoms with van der Waals surface area (Å²) in [6.07, 6.45) is 1.16. The quantitative estimate of drug-likeness (QED) is 0.746. The molecule has 1 saturated heterocycles. The van der Waals surface area contributed by atoms with Gasteiger partial charge in [-0.25, -0.2) is 4.39 Å². The van der Waals surface area contributed by atoms with Gasteiger partial charge in [0.15, 0.2) is 0 Å². The van der Waals surface area contributed by atoms with Crippen molar-refractivity contribution in [1.82, 2.24) is 5.32 Å². The first-order chi connectivity index (χ1) is 7.18. The van der Waals surface area contributed by atoms with E-state index in [-0.39, 0.29) is 5.82 Å². The van der Waals surface area contributed by atoms with E-state index in [0.717, 1.165) is 25.1 Å². The topological polar surface area (TPSA) is 12.0 Å². The molecule has 0 aliphatic carbocycles. The second-order valence-corrected chi connectivity index (χ2v) is 4.59. The minimum Gasteiger partial charge on any atom is -0.316 e. The molecule has 0 saturated carbocycles. The molecule has 0 aromatic heterocycles. The molecule has 1 aromatic carbocycles. The molecule has 2 atom stereocenters. The lowest BCUT2D eigenvalue weighted by molar-refractivity contribution is 0.349. The molecule has 15 heavy (non-hydrogen) atoms. The lowest BCUT2D eigenvalue weighted by atomic mass is 9.82. The Labute approximate surface area is 90.7 Å². The molecule has 1 aromatic rings. The van der Waals surface area contributed by atoms with Gasteiger partial charge in [0, 0.05) is 0 Å². The van der Waals surface area contributed by atoms with Crippen molar-refractivity contribution in [2.45, 2.75) is 26.2 Å². The summed E-state index contributed by atoms with van der Waals surface area (Å²) in [4.78, 5) is 0. The number of nitrogens with one attached hydrogen (secondary N) is 1. The highest BCUT2D eigenvalue weighted by Crippen LogP contribution is 2.30. The predicted octanol–water partition coefficient (Wildman–Crippen LogP) is 2.85. The first-order valence-corrected chi connectivity index (χ1v) is 5.65. The van der Waals surface area contributed by atoms with Crippen LogP contribution in [0, 0.1) is 18.7 Å². The average Bonchev–Trinajstić information content (AvgIpc) is 2.23. The summed E-state index contributed by atoms with van der Waals surface area (Å²) < 4.78 is 13.2. The van der Waals surface area contributed by atoms with Crippen LogP contribution in [0.2, 0.25) is 0 Å². The van der Waals surface area contributed by atoms with Crippen molar-refractivity contribution >= 4 is 0 Å². The first-order valence-electron chi connectivity index (χ1n) is 5.65. The molecule has 0 radical (unpaired) electrons. The molecule has 82 valence electrons. The van der Waals surface area contributed by atoms with Gasteiger partial charge in [-0.2, -0.15) is 0 Å². The second kappa shape index (κ2) is 4.31. The van der Waals surface area contributed by atoms with Gasteiger partial charge < -0.3 is 5.32 Å². The third kappa shape index (κ3) is 2.20. The van der Waals surface area contributed by atoms with Crippen LogP contribution in [0.4, 0.5) is 4.39 Å². The zero-order valence-corrected chi connectivity index (χ0v) is 9.39. The maximum Gasteiger partial charge on any atom is 0.126 e. The van der Waals surface area contributed by atoms with E-state index in [1.807, 2.05) is 19.1 Å². The maximum atomic E-state index is 13.2. The Bertz CT molecular complexity index is 348. The SMILES string of the molecule is Cc1cc(C2CCNCC2C)ccc1F. The lowest BCUT2D eigenvalue weighted by Crippen LogP contribution is -2.33. The third-order valence-corrected chi connectivity index (χ3v) is 3.40. The number of hydrogen-bond acceptors (Lipinski definition) is 1. The number of piperidine rings is 1. The Balaban J connectivity index is 2.24. The molecule has 2 unspecified atom stereocenters. The number of rotatable bonds is 1. The molecule has 1 aliphatic heterocycles. The minimum absolute atomic E-state index is 0.0969. The van der Waals surface area contributed by atoms with Crippen molar-refractivity contribution in [3.8, 4) is 0 Å². The highest BCUT2D eigenvalue weighted by Gasteiger charge is 2.22. The van der Waals surface area contributed by atoms with Crippen LogP contribution in [0.25, 0.3) is 0 Å². The van der Waals surface area contributed by atoms with Gasteiger partial charge in [0.25, 0.3) is 0 Å². The van der Waals surface area contributed by atoms with E-state index in [2.05, 4.69) is 12.2 Å². The number of hydrogen-bond donors (Lipinski definition) is 1. The summed E-state index contributed by atoms with van der Waals surface area (Å²) in [6, 6.07) is 5.54. The Morgan fingerprint density at radius 1 is 1.40 bits per heavy atom. The molecule has 1 N–H and O–H groups in total. The van der Waals surface area contributed by atoms with Crippen molar-refractivity contribution < 1.29 is 4.39 Å². The van der Waals surface area contributed by atoms with E-state index < -0.39 is 0 Å². The summed E-state index contributed by atoms with van der Waals surface area (Å²) >= 11 is 0. The van der Waals surface area contributed by atoms with Gasteiger partial charge >= 0.3 is 0 Å². The van der Waals surface area contributed by atoms with Gasteiger partial charge in [-0.05, 0) is 55.5 Å². The Morgan fingerprint density at radius 3 is 2.87 bits per heavy atom. The first kappa shape index (κ1) is 10.6. The minimum atomic E-state index is -0.0969. The smallest absolute Gasteiger partial charge is 0.126 e. The summed E-state index contributed by atoms with van der Waals surface area (Å²) in [5.74, 6) is 1.13. The van der Waals surface area contributed by atoms with Crippen LogP contribution in [-0.2, 0) is 0 Å². The van der Waals surface area contributed by atoms with Crippen LogP contribution in [-0.4, -0.2) is 13.1 Å². The van der Waals surface area contributed by atoms with E-state index in [1.54, 1.807) is 6.07 Å². The van der Waals surface area contributed by atoms with E-state index in [1.165, 1.54) is 5.56 Å². The Morgan fingerprint density at radius 2 is 2.20 bits per heavy atom. The molecule has 2 rings (SSSR count). The van der Waals surface area contributed by atoms with Crippen molar-refractivity contribution in [2.75, 3.05) is 13.1 Å². The van der Waals surface area contributed by atoms with Crippen molar-refractivity contribution in [3.05, 3.63) is 35.1 Å². The average molecular weight is 207 g/mol. The molecule has 1 heterocycles. The summed E-state index contributed by atoms with van der Waals surface area (Å²) in [6.45, 7) is 6.24. The van der Waals surface area contributed by atoms with Crippen LogP contribution in [0.15, 0.2) is 18.2 Å². The summed E-state index contributed by atoms with van der Waals surface area (Å²) in [5.41, 5.74) is 2.06. The van der Waals surface area contributed by atoms with Gasteiger partial charge in [0.05, 0.1) is 0 Å². The molecule has 0 amide bonds. The Kier molecular flexibility index (Phi) is 3.06. The van der Waals surface area contributed by atoms with Crippen LogP contribution >= 0.6 is 0 Å². The largest absolute Gasteiger partial charge is 0.316 e. The molecule has 1 aliphatic rings.